The molecule has 5 aliphatic rings. The van der Waals surface area contributed by atoms with Crippen LogP contribution in [0, 0.1) is 23.2 Å². The van der Waals surface area contributed by atoms with E-state index in [2.05, 4.69) is 20.1 Å². The molecule has 0 saturated heterocycles. The van der Waals surface area contributed by atoms with Crippen molar-refractivity contribution in [2.75, 3.05) is 5.32 Å². The Kier molecular flexibility index (Phi) is 4.45. The molecule has 4 saturated carbocycles. The van der Waals surface area contributed by atoms with Gasteiger partial charge in [0.25, 0.3) is 0 Å². The zero-order valence-electron chi connectivity index (χ0n) is 17.4. The summed E-state index contributed by atoms with van der Waals surface area (Å²) in [5, 5.41) is 12.8. The molecule has 6 heteroatoms. The van der Waals surface area contributed by atoms with Crippen LogP contribution >= 0.6 is 11.6 Å². The first-order valence-electron chi connectivity index (χ1n) is 11.6. The Morgan fingerprint density at radius 3 is 2.50 bits per heavy atom. The monoisotopic (exact) mass is 424 g/mol. The molecule has 2 aromatic rings. The Morgan fingerprint density at radius 1 is 1.03 bits per heavy atom. The van der Waals surface area contributed by atoms with E-state index < -0.39 is 0 Å². The number of hydrogen-bond donors (Lipinski definition) is 1. The van der Waals surface area contributed by atoms with Gasteiger partial charge in [-0.1, -0.05) is 18.0 Å². The van der Waals surface area contributed by atoms with Crippen LogP contribution in [0.2, 0.25) is 5.02 Å². The average Bonchev–Trinajstić information content (AvgIpc) is 2.96. The van der Waals surface area contributed by atoms with Gasteiger partial charge in [0, 0.05) is 24.2 Å². The maximum absolute atomic E-state index is 13.4. The van der Waals surface area contributed by atoms with Crippen molar-refractivity contribution in [2.45, 2.75) is 70.8 Å². The molecule has 1 aromatic carbocycles. The Labute approximate surface area is 182 Å². The lowest BCUT2D eigenvalue weighted by Crippen LogP contribution is -2.51. The van der Waals surface area contributed by atoms with Crippen LogP contribution in [-0.4, -0.2) is 20.7 Å². The highest BCUT2D eigenvalue weighted by Crippen LogP contribution is 2.60. The quantitative estimate of drug-likeness (QED) is 0.709. The highest BCUT2D eigenvalue weighted by Gasteiger charge is 2.54. The van der Waals surface area contributed by atoms with E-state index in [1.165, 1.54) is 25.7 Å². The lowest BCUT2D eigenvalue weighted by molar-refractivity contribution is -0.140. The fourth-order valence-electron chi connectivity index (χ4n) is 7.11. The third-order valence-electron chi connectivity index (χ3n) is 8.09. The number of carbonyl (C=O) groups is 1. The molecular weight excluding hydrogens is 396 g/mol. The number of aryl methyl sites for hydroxylation is 1. The summed E-state index contributed by atoms with van der Waals surface area (Å²) in [6.45, 7) is 0.928. The molecule has 1 aliphatic heterocycles. The summed E-state index contributed by atoms with van der Waals surface area (Å²) in [5.41, 5.74) is 1.53. The van der Waals surface area contributed by atoms with Gasteiger partial charge in [0.2, 0.25) is 5.91 Å². The SMILES string of the molecule is O=C(Nc1ccc(Cl)c(-c2nnc3n2CCCCC3)c1)C12CC3CC(CC(C3)C1)C2. The second-order valence-corrected chi connectivity index (χ2v) is 10.7. The molecule has 158 valence electrons. The second kappa shape index (κ2) is 7.08. The maximum atomic E-state index is 13.4. The van der Waals surface area contributed by atoms with E-state index >= 15 is 0 Å². The van der Waals surface area contributed by atoms with Crippen LogP contribution in [0.15, 0.2) is 18.2 Å². The molecular formula is C24H29ClN4O. The van der Waals surface area contributed by atoms with E-state index in [0.717, 1.165) is 85.7 Å². The van der Waals surface area contributed by atoms with Crippen LogP contribution in [-0.2, 0) is 17.8 Å². The van der Waals surface area contributed by atoms with Crippen molar-refractivity contribution in [3.8, 4) is 11.4 Å². The molecule has 4 aliphatic carbocycles. The highest BCUT2D eigenvalue weighted by atomic mass is 35.5. The summed E-state index contributed by atoms with van der Waals surface area (Å²) < 4.78 is 2.21. The number of amides is 1. The minimum absolute atomic E-state index is 0.152. The van der Waals surface area contributed by atoms with E-state index in [-0.39, 0.29) is 11.3 Å². The van der Waals surface area contributed by atoms with Crippen molar-refractivity contribution in [1.82, 2.24) is 14.8 Å². The molecule has 7 rings (SSSR count). The van der Waals surface area contributed by atoms with Gasteiger partial charge < -0.3 is 9.88 Å². The van der Waals surface area contributed by atoms with Crippen LogP contribution < -0.4 is 5.32 Å². The molecule has 4 fully saturated rings. The lowest BCUT2D eigenvalue weighted by Gasteiger charge is -2.55. The van der Waals surface area contributed by atoms with Crippen molar-refractivity contribution < 1.29 is 4.79 Å². The first-order valence-corrected chi connectivity index (χ1v) is 12.0. The Bertz CT molecular complexity index is 962. The van der Waals surface area contributed by atoms with Crippen LogP contribution in [0.5, 0.6) is 0 Å². The van der Waals surface area contributed by atoms with Gasteiger partial charge in [0.15, 0.2) is 5.82 Å². The third kappa shape index (κ3) is 3.08. The number of aromatic nitrogens is 3. The van der Waals surface area contributed by atoms with Crippen molar-refractivity contribution in [2.24, 2.45) is 23.2 Å². The largest absolute Gasteiger partial charge is 0.326 e. The predicted octanol–water partition coefficient (Wildman–Crippen LogP) is 5.48. The van der Waals surface area contributed by atoms with Gasteiger partial charge in [0.05, 0.1) is 10.4 Å². The van der Waals surface area contributed by atoms with Crippen LogP contribution in [0.4, 0.5) is 5.69 Å². The normalized spacial score (nSPS) is 32.0. The van der Waals surface area contributed by atoms with Gasteiger partial charge >= 0.3 is 0 Å². The Morgan fingerprint density at radius 2 is 1.77 bits per heavy atom. The topological polar surface area (TPSA) is 59.8 Å². The smallest absolute Gasteiger partial charge is 0.230 e. The third-order valence-corrected chi connectivity index (χ3v) is 8.42. The van der Waals surface area contributed by atoms with Crippen LogP contribution in [0.3, 0.4) is 0 Å². The van der Waals surface area contributed by atoms with Gasteiger partial charge in [-0.25, -0.2) is 0 Å². The van der Waals surface area contributed by atoms with Crippen LogP contribution in [0.1, 0.15) is 63.6 Å². The van der Waals surface area contributed by atoms with Crippen LogP contribution in [0.25, 0.3) is 11.4 Å². The molecule has 0 atom stereocenters. The number of carbonyl (C=O) groups excluding carboxylic acids is 1. The number of anilines is 1. The molecule has 5 nitrogen and oxygen atoms in total. The van der Waals surface area contributed by atoms with E-state index in [1.54, 1.807) is 0 Å². The number of fused-ring (bicyclic) bond motifs is 1. The zero-order chi connectivity index (χ0) is 20.3. The molecule has 1 N–H and O–H groups in total. The van der Waals surface area contributed by atoms with E-state index in [9.17, 15) is 4.79 Å². The molecule has 0 unspecified atom stereocenters. The summed E-state index contributed by atoms with van der Waals surface area (Å²) in [4.78, 5) is 13.4. The number of benzene rings is 1. The number of rotatable bonds is 3. The summed E-state index contributed by atoms with van der Waals surface area (Å²) in [5.74, 6) is 4.36. The fraction of sp³-hybridized carbons (Fsp3) is 0.625. The first-order chi connectivity index (χ1) is 14.6. The highest BCUT2D eigenvalue weighted by molar-refractivity contribution is 6.33. The van der Waals surface area contributed by atoms with Crippen molar-refractivity contribution in [3.05, 3.63) is 29.0 Å². The predicted molar refractivity (Wildman–Crippen MR) is 117 cm³/mol. The standard InChI is InChI=1S/C24H29ClN4O/c25-20-6-5-18(11-19(20)22-28-27-21-4-2-1-3-7-29(21)22)26-23(30)24-12-15-8-16(13-24)10-17(9-15)14-24/h5-6,11,15-17H,1-4,7-10,12-14H2,(H,26,30). The van der Waals surface area contributed by atoms with Crippen molar-refractivity contribution in [1.29, 1.82) is 0 Å². The van der Waals surface area contributed by atoms with E-state index in [1.807, 2.05) is 18.2 Å². The minimum atomic E-state index is -0.152. The fourth-order valence-corrected chi connectivity index (χ4v) is 7.31. The molecule has 4 bridgehead atoms. The van der Waals surface area contributed by atoms with Gasteiger partial charge in [-0.15, -0.1) is 10.2 Å². The van der Waals surface area contributed by atoms with Crippen molar-refractivity contribution >= 4 is 23.2 Å². The maximum Gasteiger partial charge on any atom is 0.230 e. The molecule has 2 heterocycles. The van der Waals surface area contributed by atoms with Gasteiger partial charge in [-0.05, 0) is 87.3 Å². The summed E-state index contributed by atoms with van der Waals surface area (Å²) in [7, 11) is 0. The second-order valence-electron chi connectivity index (χ2n) is 10.2. The average molecular weight is 425 g/mol. The number of nitrogens with one attached hydrogen (secondary N) is 1. The van der Waals surface area contributed by atoms with Gasteiger partial charge in [0.1, 0.15) is 5.82 Å². The molecule has 30 heavy (non-hydrogen) atoms. The Hall–Kier alpha value is -1.88. The first kappa shape index (κ1) is 18.9. The lowest BCUT2D eigenvalue weighted by atomic mass is 9.49. The number of halogens is 1. The molecule has 0 spiro atoms. The zero-order valence-corrected chi connectivity index (χ0v) is 18.1. The molecule has 0 radical (unpaired) electrons. The van der Waals surface area contributed by atoms with E-state index in [4.69, 9.17) is 11.6 Å². The Balaban J connectivity index is 1.28. The number of hydrogen-bond acceptors (Lipinski definition) is 3. The summed E-state index contributed by atoms with van der Waals surface area (Å²) >= 11 is 6.57. The summed E-state index contributed by atoms with van der Waals surface area (Å²) in [6.07, 6.45) is 11.7. The molecule has 1 aromatic heterocycles. The van der Waals surface area contributed by atoms with E-state index in [0.29, 0.717) is 5.02 Å². The van der Waals surface area contributed by atoms with Crippen molar-refractivity contribution in [3.63, 3.8) is 0 Å². The number of nitrogens with zero attached hydrogens (tertiary/aromatic N) is 3. The summed E-state index contributed by atoms with van der Waals surface area (Å²) in [6, 6.07) is 5.79. The van der Waals surface area contributed by atoms with Gasteiger partial charge in [-0.2, -0.15) is 0 Å². The minimum Gasteiger partial charge on any atom is -0.326 e. The van der Waals surface area contributed by atoms with Gasteiger partial charge in [-0.3, -0.25) is 4.79 Å². The molecule has 1 amide bonds.